The van der Waals surface area contributed by atoms with Crippen molar-refractivity contribution in [1.82, 2.24) is 9.80 Å². The number of carbonyl (C=O) groups excluding carboxylic acids is 2. The van der Waals surface area contributed by atoms with Crippen LogP contribution in [-0.4, -0.2) is 41.4 Å². The Kier molecular flexibility index (Phi) is 3.73. The fraction of sp³-hybridized carbons (Fsp3) is 0.391. The highest BCUT2D eigenvalue weighted by molar-refractivity contribution is 6.07. The van der Waals surface area contributed by atoms with E-state index < -0.39 is 0 Å². The zero-order chi connectivity index (χ0) is 18.7. The highest BCUT2D eigenvalue weighted by Gasteiger charge is 2.61. The predicted octanol–water partition coefficient (Wildman–Crippen LogP) is 3.18. The van der Waals surface area contributed by atoms with Gasteiger partial charge < -0.3 is 0 Å². The lowest BCUT2D eigenvalue weighted by atomic mass is 9.55. The first-order valence-corrected chi connectivity index (χ1v) is 9.92. The van der Waals surface area contributed by atoms with E-state index >= 15 is 0 Å². The van der Waals surface area contributed by atoms with E-state index in [-0.39, 0.29) is 35.5 Å². The van der Waals surface area contributed by atoms with Gasteiger partial charge in [0.05, 0.1) is 18.5 Å². The Morgan fingerprint density at radius 3 is 1.44 bits per heavy atom. The summed E-state index contributed by atoms with van der Waals surface area (Å²) in [5, 5.41) is 0. The molecule has 3 aliphatic carbocycles. The van der Waals surface area contributed by atoms with Crippen LogP contribution < -0.4 is 0 Å². The van der Waals surface area contributed by atoms with Gasteiger partial charge in [-0.05, 0) is 35.3 Å². The third kappa shape index (κ3) is 2.13. The number of carbonyl (C=O) groups is 2. The summed E-state index contributed by atoms with van der Waals surface area (Å²) in [6, 6.07) is 16.8. The number of hydrogen-bond acceptors (Lipinski definition) is 3. The topological polar surface area (TPSA) is 40.6 Å². The normalized spacial score (nSPS) is 27.7. The summed E-state index contributed by atoms with van der Waals surface area (Å²) < 4.78 is 0. The number of likely N-dealkylation sites (tertiary alicyclic amines) is 1. The molecule has 1 fully saturated rings. The van der Waals surface area contributed by atoms with Crippen LogP contribution in [0.2, 0.25) is 0 Å². The molecular formula is C23H24N2O2. The van der Waals surface area contributed by atoms with Gasteiger partial charge in [-0.15, -0.1) is 0 Å². The maximum absolute atomic E-state index is 13.4. The molecule has 1 aliphatic heterocycles. The lowest BCUT2D eigenvalue weighted by Gasteiger charge is -2.45. The van der Waals surface area contributed by atoms with Crippen molar-refractivity contribution >= 4 is 11.8 Å². The maximum atomic E-state index is 13.4. The molecule has 0 radical (unpaired) electrons. The Bertz CT molecular complexity index is 818. The minimum Gasteiger partial charge on any atom is -0.286 e. The van der Waals surface area contributed by atoms with Crippen molar-refractivity contribution in [3.63, 3.8) is 0 Å². The van der Waals surface area contributed by atoms with Crippen molar-refractivity contribution < 1.29 is 9.59 Å². The van der Waals surface area contributed by atoms with Crippen molar-refractivity contribution in [3.8, 4) is 0 Å². The molecule has 0 saturated carbocycles. The molecule has 0 unspecified atom stereocenters. The van der Waals surface area contributed by atoms with Crippen LogP contribution in [0.3, 0.4) is 0 Å². The molecule has 2 aromatic rings. The predicted molar refractivity (Wildman–Crippen MR) is 103 cm³/mol. The van der Waals surface area contributed by atoms with Crippen LogP contribution >= 0.6 is 0 Å². The maximum Gasteiger partial charge on any atom is 0.235 e. The van der Waals surface area contributed by atoms with Gasteiger partial charge in [0, 0.05) is 11.8 Å². The quantitative estimate of drug-likeness (QED) is 0.787. The average Bonchev–Trinajstić information content (AvgIpc) is 2.97. The first-order chi connectivity index (χ1) is 13.2. The summed E-state index contributed by atoms with van der Waals surface area (Å²) in [7, 11) is 0. The fourth-order valence-corrected chi connectivity index (χ4v) is 5.50. The second-order valence-corrected chi connectivity index (χ2v) is 7.81. The molecule has 1 saturated heterocycles. The fourth-order valence-electron chi connectivity index (χ4n) is 5.50. The van der Waals surface area contributed by atoms with E-state index in [2.05, 4.69) is 43.0 Å². The van der Waals surface area contributed by atoms with E-state index in [0.717, 1.165) is 13.1 Å². The molecule has 138 valence electrons. The Balaban J connectivity index is 1.65. The van der Waals surface area contributed by atoms with E-state index in [1.807, 2.05) is 24.3 Å². The molecule has 2 atom stereocenters. The SMILES string of the molecule is CCN(CC)CN1C(=O)[C@@H]2C3c4ccccc4C(c4ccccc43)[C@@H]2C1=O. The number of hydrogen-bond donors (Lipinski definition) is 0. The summed E-state index contributed by atoms with van der Waals surface area (Å²) in [4.78, 5) is 30.5. The van der Waals surface area contributed by atoms with Crippen LogP contribution in [0.25, 0.3) is 0 Å². The van der Waals surface area contributed by atoms with Crippen LogP contribution in [0.1, 0.15) is 47.9 Å². The van der Waals surface area contributed by atoms with Gasteiger partial charge in [-0.25, -0.2) is 0 Å². The van der Waals surface area contributed by atoms with Crippen molar-refractivity contribution in [2.45, 2.75) is 25.7 Å². The summed E-state index contributed by atoms with van der Waals surface area (Å²) in [6.45, 7) is 6.20. The molecule has 0 aromatic heterocycles. The number of rotatable bonds is 4. The Hall–Kier alpha value is -2.46. The summed E-state index contributed by atoms with van der Waals surface area (Å²) in [5.41, 5.74) is 4.92. The van der Waals surface area contributed by atoms with E-state index in [4.69, 9.17) is 0 Å². The number of benzene rings is 2. The Morgan fingerprint density at radius 2 is 1.11 bits per heavy atom. The summed E-state index contributed by atoms with van der Waals surface area (Å²) in [6.07, 6.45) is 0. The van der Waals surface area contributed by atoms with Crippen molar-refractivity contribution in [1.29, 1.82) is 0 Å². The number of nitrogens with zero attached hydrogens (tertiary/aromatic N) is 2. The average molecular weight is 360 g/mol. The van der Waals surface area contributed by atoms with Crippen LogP contribution in [0, 0.1) is 11.8 Å². The lowest BCUT2D eigenvalue weighted by Crippen LogP contribution is -2.42. The van der Waals surface area contributed by atoms with Gasteiger partial charge in [0.2, 0.25) is 11.8 Å². The molecule has 6 rings (SSSR count). The van der Waals surface area contributed by atoms with Crippen molar-refractivity contribution in [2.24, 2.45) is 11.8 Å². The van der Waals surface area contributed by atoms with Crippen LogP contribution in [0.4, 0.5) is 0 Å². The minimum atomic E-state index is -0.261. The van der Waals surface area contributed by atoms with Gasteiger partial charge in [0.1, 0.15) is 0 Å². The van der Waals surface area contributed by atoms with E-state index in [9.17, 15) is 9.59 Å². The standard InChI is InChI=1S/C23H24N2O2/c1-3-24(4-2)13-25-22(26)20-18-14-9-5-6-10-15(14)19(21(20)23(25)27)17-12-8-7-11-16(17)18/h5-12,18-21H,3-4,13H2,1-2H3/t18?,19?,20-,21+. The van der Waals surface area contributed by atoms with Crippen LogP contribution in [-0.2, 0) is 9.59 Å². The Labute approximate surface area is 159 Å². The summed E-state index contributed by atoms with van der Waals surface area (Å²) >= 11 is 0. The van der Waals surface area contributed by atoms with Gasteiger partial charge in [-0.3, -0.25) is 19.4 Å². The highest BCUT2D eigenvalue weighted by Crippen LogP contribution is 2.60. The van der Waals surface area contributed by atoms with Gasteiger partial charge in [0.25, 0.3) is 0 Å². The number of amides is 2. The minimum absolute atomic E-state index is 0.00875. The zero-order valence-electron chi connectivity index (χ0n) is 15.8. The van der Waals surface area contributed by atoms with E-state index in [1.54, 1.807) is 0 Å². The molecule has 2 amide bonds. The third-order valence-electron chi connectivity index (χ3n) is 6.78. The second kappa shape index (κ2) is 6.03. The largest absolute Gasteiger partial charge is 0.286 e. The molecule has 0 spiro atoms. The number of imide groups is 1. The molecule has 0 N–H and O–H groups in total. The van der Waals surface area contributed by atoms with Crippen molar-refractivity contribution in [3.05, 3.63) is 70.8 Å². The van der Waals surface area contributed by atoms with E-state index in [1.165, 1.54) is 27.2 Å². The lowest BCUT2D eigenvalue weighted by molar-refractivity contribution is -0.142. The van der Waals surface area contributed by atoms with Crippen LogP contribution in [0.5, 0.6) is 0 Å². The third-order valence-corrected chi connectivity index (χ3v) is 6.78. The zero-order valence-corrected chi connectivity index (χ0v) is 15.8. The highest BCUT2D eigenvalue weighted by atomic mass is 16.2. The molecule has 1 heterocycles. The van der Waals surface area contributed by atoms with E-state index in [0.29, 0.717) is 6.67 Å². The molecular weight excluding hydrogens is 336 g/mol. The molecule has 2 bridgehead atoms. The Morgan fingerprint density at radius 1 is 0.741 bits per heavy atom. The monoisotopic (exact) mass is 360 g/mol. The van der Waals surface area contributed by atoms with Crippen LogP contribution in [0.15, 0.2) is 48.5 Å². The first-order valence-electron chi connectivity index (χ1n) is 9.92. The first kappa shape index (κ1) is 16.7. The van der Waals surface area contributed by atoms with Gasteiger partial charge >= 0.3 is 0 Å². The molecule has 27 heavy (non-hydrogen) atoms. The van der Waals surface area contributed by atoms with Gasteiger partial charge in [-0.2, -0.15) is 0 Å². The molecule has 4 aliphatic rings. The van der Waals surface area contributed by atoms with Gasteiger partial charge in [-0.1, -0.05) is 62.4 Å². The smallest absolute Gasteiger partial charge is 0.235 e. The molecule has 4 nitrogen and oxygen atoms in total. The van der Waals surface area contributed by atoms with Crippen molar-refractivity contribution in [2.75, 3.05) is 19.8 Å². The molecule has 4 heteroatoms. The van der Waals surface area contributed by atoms with Gasteiger partial charge in [0.15, 0.2) is 0 Å². The summed E-state index contributed by atoms with van der Waals surface area (Å²) in [5.74, 6) is -0.520. The second-order valence-electron chi connectivity index (χ2n) is 7.81. The molecule has 2 aromatic carbocycles.